The summed E-state index contributed by atoms with van der Waals surface area (Å²) in [5, 5.41) is 4.08. The molecule has 9 heteroatoms. The van der Waals surface area contributed by atoms with Gasteiger partial charge in [-0.2, -0.15) is 5.10 Å². The lowest BCUT2D eigenvalue weighted by Gasteiger charge is -2.21. The lowest BCUT2D eigenvalue weighted by atomic mass is 10.1. The molecule has 1 unspecified atom stereocenters. The molecule has 0 N–H and O–H groups in total. The molecular weight excluding hydrogens is 386 g/mol. The second-order valence-electron chi connectivity index (χ2n) is 5.17. The number of hydrogen-bond acceptors (Lipinski definition) is 4. The standard InChI is InChI=1S/C15H9BrF2N4O2/c16-10-6-19-21-4-3-13(20-14(10)21)22-12(7-24-15(22)23)9-2-1-8(17)5-11(9)18/h1-6,12H,7H2. The van der Waals surface area contributed by atoms with Crippen LogP contribution in [0.5, 0.6) is 0 Å². The zero-order chi connectivity index (χ0) is 16.8. The van der Waals surface area contributed by atoms with Gasteiger partial charge in [0.2, 0.25) is 0 Å². The summed E-state index contributed by atoms with van der Waals surface area (Å²) < 4.78 is 34.5. The molecule has 6 nitrogen and oxygen atoms in total. The summed E-state index contributed by atoms with van der Waals surface area (Å²) >= 11 is 3.32. The van der Waals surface area contributed by atoms with Crippen molar-refractivity contribution in [2.45, 2.75) is 6.04 Å². The Morgan fingerprint density at radius 1 is 1.29 bits per heavy atom. The molecule has 0 radical (unpaired) electrons. The summed E-state index contributed by atoms with van der Waals surface area (Å²) in [6.07, 6.45) is 2.56. The average Bonchev–Trinajstić information content (AvgIpc) is 3.11. The number of benzene rings is 1. The van der Waals surface area contributed by atoms with E-state index in [1.165, 1.54) is 15.5 Å². The van der Waals surface area contributed by atoms with E-state index in [0.717, 1.165) is 12.1 Å². The Balaban J connectivity index is 1.80. The van der Waals surface area contributed by atoms with Gasteiger partial charge in [0.15, 0.2) is 5.65 Å². The van der Waals surface area contributed by atoms with Gasteiger partial charge < -0.3 is 4.74 Å². The van der Waals surface area contributed by atoms with E-state index in [9.17, 15) is 13.6 Å². The number of halogens is 3. The van der Waals surface area contributed by atoms with Gasteiger partial charge in [-0.15, -0.1) is 0 Å². The van der Waals surface area contributed by atoms with Crippen molar-refractivity contribution in [2.75, 3.05) is 11.5 Å². The second kappa shape index (κ2) is 5.52. The van der Waals surface area contributed by atoms with Crippen LogP contribution < -0.4 is 4.90 Å². The van der Waals surface area contributed by atoms with Gasteiger partial charge in [-0.05, 0) is 28.1 Å². The van der Waals surface area contributed by atoms with Crippen molar-refractivity contribution in [3.8, 4) is 0 Å². The fraction of sp³-hybridized carbons (Fsp3) is 0.133. The number of fused-ring (bicyclic) bond motifs is 1. The Labute approximate surface area is 142 Å². The molecule has 1 aromatic carbocycles. The topological polar surface area (TPSA) is 59.7 Å². The number of ether oxygens (including phenoxy) is 1. The van der Waals surface area contributed by atoms with E-state index in [-0.39, 0.29) is 12.2 Å². The van der Waals surface area contributed by atoms with Gasteiger partial charge in [0, 0.05) is 17.8 Å². The first-order valence-corrected chi connectivity index (χ1v) is 7.75. The summed E-state index contributed by atoms with van der Waals surface area (Å²) in [6.45, 7) is -0.0469. The van der Waals surface area contributed by atoms with E-state index < -0.39 is 23.8 Å². The van der Waals surface area contributed by atoms with Crippen LogP contribution in [-0.4, -0.2) is 27.3 Å². The van der Waals surface area contributed by atoms with Crippen LogP contribution >= 0.6 is 15.9 Å². The monoisotopic (exact) mass is 394 g/mol. The van der Waals surface area contributed by atoms with Crippen LogP contribution in [-0.2, 0) is 4.74 Å². The van der Waals surface area contributed by atoms with E-state index in [2.05, 4.69) is 26.0 Å². The number of amides is 1. The summed E-state index contributed by atoms with van der Waals surface area (Å²) in [5.41, 5.74) is 0.669. The smallest absolute Gasteiger partial charge is 0.416 e. The molecule has 122 valence electrons. The molecule has 24 heavy (non-hydrogen) atoms. The maximum atomic E-state index is 14.1. The molecule has 1 aliphatic rings. The molecule has 0 bridgehead atoms. The first-order valence-electron chi connectivity index (χ1n) is 6.95. The van der Waals surface area contributed by atoms with Crippen LogP contribution in [0.4, 0.5) is 19.4 Å². The normalized spacial score (nSPS) is 17.5. The summed E-state index contributed by atoms with van der Waals surface area (Å²) in [5.74, 6) is -1.13. The SMILES string of the molecule is O=C1OCC(c2ccc(F)cc2F)N1c1ccn2ncc(Br)c2n1. The second-order valence-corrected chi connectivity index (χ2v) is 6.03. The average molecular weight is 395 g/mol. The summed E-state index contributed by atoms with van der Waals surface area (Å²) in [6, 6.07) is 4.07. The van der Waals surface area contributed by atoms with E-state index in [1.807, 2.05) is 0 Å². The van der Waals surface area contributed by atoms with Gasteiger partial charge in [0.25, 0.3) is 0 Å². The van der Waals surface area contributed by atoms with Crippen molar-refractivity contribution in [1.82, 2.24) is 14.6 Å². The molecule has 1 amide bonds. The van der Waals surface area contributed by atoms with Crippen LogP contribution in [0.25, 0.3) is 5.65 Å². The Morgan fingerprint density at radius 3 is 2.92 bits per heavy atom. The van der Waals surface area contributed by atoms with Gasteiger partial charge in [0.05, 0.1) is 10.7 Å². The molecule has 3 heterocycles. The summed E-state index contributed by atoms with van der Waals surface area (Å²) in [4.78, 5) is 17.7. The number of aromatic nitrogens is 3. The molecule has 0 saturated carbocycles. The number of rotatable bonds is 2. The van der Waals surface area contributed by atoms with Crippen LogP contribution in [0.3, 0.4) is 0 Å². The van der Waals surface area contributed by atoms with Crippen molar-refractivity contribution in [2.24, 2.45) is 0 Å². The minimum atomic E-state index is -0.741. The first kappa shape index (κ1) is 15.0. The molecule has 1 aliphatic heterocycles. The number of carbonyl (C=O) groups excluding carboxylic acids is 1. The molecule has 3 aromatic rings. The maximum Gasteiger partial charge on any atom is 0.416 e. The van der Waals surface area contributed by atoms with E-state index in [1.54, 1.807) is 18.5 Å². The van der Waals surface area contributed by atoms with Crippen molar-refractivity contribution >= 4 is 33.5 Å². The number of hydrogen-bond donors (Lipinski definition) is 0. The van der Waals surface area contributed by atoms with Crippen LogP contribution in [0.15, 0.2) is 41.1 Å². The van der Waals surface area contributed by atoms with Gasteiger partial charge in [0.1, 0.15) is 30.1 Å². The molecule has 2 aromatic heterocycles. The molecule has 0 aliphatic carbocycles. The first-order chi connectivity index (χ1) is 11.5. The van der Waals surface area contributed by atoms with Crippen molar-refractivity contribution in [3.63, 3.8) is 0 Å². The minimum absolute atomic E-state index is 0.0469. The minimum Gasteiger partial charge on any atom is -0.447 e. The van der Waals surface area contributed by atoms with Crippen LogP contribution in [0.2, 0.25) is 0 Å². The molecular formula is C15H9BrF2N4O2. The zero-order valence-corrected chi connectivity index (χ0v) is 13.6. The predicted molar refractivity (Wildman–Crippen MR) is 83.6 cm³/mol. The lowest BCUT2D eigenvalue weighted by molar-refractivity contribution is 0.178. The Hall–Kier alpha value is -2.55. The Kier molecular flexibility index (Phi) is 3.45. The van der Waals surface area contributed by atoms with Crippen molar-refractivity contribution in [1.29, 1.82) is 0 Å². The number of nitrogens with zero attached hydrogens (tertiary/aromatic N) is 4. The third-order valence-corrected chi connectivity index (χ3v) is 4.31. The van der Waals surface area contributed by atoms with Gasteiger partial charge >= 0.3 is 6.09 Å². The lowest BCUT2D eigenvalue weighted by Crippen LogP contribution is -2.29. The quantitative estimate of drug-likeness (QED) is 0.667. The third kappa shape index (κ3) is 2.32. The fourth-order valence-electron chi connectivity index (χ4n) is 2.64. The van der Waals surface area contributed by atoms with Gasteiger partial charge in [-0.25, -0.2) is 23.1 Å². The van der Waals surface area contributed by atoms with Crippen molar-refractivity contribution < 1.29 is 18.3 Å². The highest BCUT2D eigenvalue weighted by molar-refractivity contribution is 9.10. The fourth-order valence-corrected chi connectivity index (χ4v) is 3.00. The molecule has 1 fully saturated rings. The van der Waals surface area contributed by atoms with Gasteiger partial charge in [-0.1, -0.05) is 6.07 Å². The third-order valence-electron chi connectivity index (χ3n) is 3.75. The largest absolute Gasteiger partial charge is 0.447 e. The summed E-state index contributed by atoms with van der Waals surface area (Å²) in [7, 11) is 0. The maximum absolute atomic E-state index is 14.1. The Morgan fingerprint density at radius 2 is 2.12 bits per heavy atom. The zero-order valence-electron chi connectivity index (χ0n) is 12.0. The highest BCUT2D eigenvalue weighted by atomic mass is 79.9. The Bertz CT molecular complexity index is 962. The highest BCUT2D eigenvalue weighted by Gasteiger charge is 2.38. The van der Waals surface area contributed by atoms with E-state index in [0.29, 0.717) is 15.9 Å². The van der Waals surface area contributed by atoms with Crippen LogP contribution in [0.1, 0.15) is 11.6 Å². The molecule has 1 saturated heterocycles. The molecule has 1 atom stereocenters. The predicted octanol–water partition coefficient (Wildman–Crippen LogP) is 3.47. The van der Waals surface area contributed by atoms with E-state index >= 15 is 0 Å². The van der Waals surface area contributed by atoms with Crippen LogP contribution in [0, 0.1) is 11.6 Å². The molecule has 4 rings (SSSR count). The molecule has 0 spiro atoms. The number of cyclic esters (lactones) is 1. The van der Waals surface area contributed by atoms with Gasteiger partial charge in [-0.3, -0.25) is 4.90 Å². The highest BCUT2D eigenvalue weighted by Crippen LogP contribution is 2.34. The number of anilines is 1. The number of carbonyl (C=O) groups is 1. The van der Waals surface area contributed by atoms with E-state index in [4.69, 9.17) is 4.74 Å². The van der Waals surface area contributed by atoms with Crippen molar-refractivity contribution in [3.05, 3.63) is 58.3 Å².